The van der Waals surface area contributed by atoms with E-state index in [1.807, 2.05) is 24.3 Å². The molecular weight excluding hydrogens is 366 g/mol. The lowest BCUT2D eigenvalue weighted by Gasteiger charge is -2.44. The summed E-state index contributed by atoms with van der Waals surface area (Å²) in [5, 5.41) is 0. The molecule has 2 aromatic rings. The van der Waals surface area contributed by atoms with E-state index < -0.39 is 0 Å². The Hall–Kier alpha value is -2.53. The highest BCUT2D eigenvalue weighted by Gasteiger charge is 2.51. The summed E-state index contributed by atoms with van der Waals surface area (Å²) < 4.78 is 16.9. The smallest absolute Gasteiger partial charge is 0.338 e. The van der Waals surface area contributed by atoms with Gasteiger partial charge in [-0.15, -0.1) is 0 Å². The first-order valence-corrected chi connectivity index (χ1v) is 10.3. The summed E-state index contributed by atoms with van der Waals surface area (Å²) in [6.45, 7) is 1.04. The molecule has 2 aliphatic rings. The predicted molar refractivity (Wildman–Crippen MR) is 112 cm³/mol. The molecule has 1 aliphatic carbocycles. The lowest BCUT2D eigenvalue weighted by molar-refractivity contribution is 0.00229. The maximum absolute atomic E-state index is 12.5. The maximum atomic E-state index is 12.5. The van der Waals surface area contributed by atoms with E-state index in [9.17, 15) is 4.79 Å². The molecule has 0 unspecified atom stereocenters. The third-order valence-corrected chi connectivity index (χ3v) is 6.72. The van der Waals surface area contributed by atoms with Gasteiger partial charge in [-0.1, -0.05) is 24.3 Å². The summed E-state index contributed by atoms with van der Waals surface area (Å²) in [5.41, 5.74) is 1.96. The van der Waals surface area contributed by atoms with Crippen LogP contribution in [0.4, 0.5) is 0 Å². The Morgan fingerprint density at radius 3 is 2.52 bits per heavy atom. The van der Waals surface area contributed by atoms with Crippen molar-refractivity contribution in [2.24, 2.45) is 0 Å². The van der Waals surface area contributed by atoms with Crippen LogP contribution in [-0.4, -0.2) is 50.8 Å². The van der Waals surface area contributed by atoms with E-state index in [1.165, 1.54) is 5.56 Å². The van der Waals surface area contributed by atoms with Crippen LogP contribution in [0.1, 0.15) is 41.6 Å². The number of ether oxygens (including phenoxy) is 3. The van der Waals surface area contributed by atoms with Crippen LogP contribution in [0.3, 0.4) is 0 Å². The number of methoxy groups -OCH3 is 2. The van der Waals surface area contributed by atoms with E-state index in [0.717, 1.165) is 43.7 Å². The molecule has 29 heavy (non-hydrogen) atoms. The Morgan fingerprint density at radius 2 is 1.79 bits per heavy atom. The van der Waals surface area contributed by atoms with Crippen LogP contribution in [0.5, 0.6) is 11.5 Å². The second-order valence-corrected chi connectivity index (χ2v) is 8.14. The molecule has 1 saturated carbocycles. The monoisotopic (exact) mass is 395 g/mol. The molecule has 1 heterocycles. The number of benzene rings is 2. The van der Waals surface area contributed by atoms with Gasteiger partial charge in [-0.25, -0.2) is 4.79 Å². The van der Waals surface area contributed by atoms with E-state index in [4.69, 9.17) is 14.2 Å². The molecule has 0 N–H and O–H groups in total. The van der Waals surface area contributed by atoms with E-state index in [0.29, 0.717) is 11.6 Å². The fourth-order valence-corrected chi connectivity index (χ4v) is 5.13. The number of likely N-dealkylation sites (tertiary alicyclic amines) is 1. The highest BCUT2D eigenvalue weighted by Crippen LogP contribution is 2.50. The number of rotatable bonds is 5. The van der Waals surface area contributed by atoms with Gasteiger partial charge in [0.05, 0.1) is 19.8 Å². The highest BCUT2D eigenvalue weighted by molar-refractivity contribution is 5.89. The van der Waals surface area contributed by atoms with Crippen LogP contribution >= 0.6 is 0 Å². The minimum Gasteiger partial charge on any atom is -0.493 e. The molecule has 5 heteroatoms. The summed E-state index contributed by atoms with van der Waals surface area (Å²) >= 11 is 0. The van der Waals surface area contributed by atoms with Gasteiger partial charge in [-0.3, -0.25) is 0 Å². The zero-order valence-electron chi connectivity index (χ0n) is 17.4. The number of hydrogen-bond acceptors (Lipinski definition) is 5. The van der Waals surface area contributed by atoms with Gasteiger partial charge >= 0.3 is 5.97 Å². The molecule has 154 valence electrons. The zero-order chi connectivity index (χ0) is 20.4. The largest absolute Gasteiger partial charge is 0.493 e. The summed E-state index contributed by atoms with van der Waals surface area (Å²) in [4.78, 5) is 14.9. The molecule has 3 atom stereocenters. The van der Waals surface area contributed by atoms with Gasteiger partial charge in [0.25, 0.3) is 0 Å². The lowest BCUT2D eigenvalue weighted by atomic mass is 9.65. The van der Waals surface area contributed by atoms with Crippen LogP contribution in [-0.2, 0) is 10.2 Å². The molecule has 0 spiro atoms. The topological polar surface area (TPSA) is 48.0 Å². The Kier molecular flexibility index (Phi) is 5.50. The number of carbonyl (C=O) groups excluding carboxylic acids is 1. The number of hydrogen-bond donors (Lipinski definition) is 0. The number of likely N-dealkylation sites (N-methyl/N-ethyl adjacent to an activating group) is 1. The minimum atomic E-state index is -0.227. The van der Waals surface area contributed by atoms with Crippen LogP contribution in [0.15, 0.2) is 48.5 Å². The Labute approximate surface area is 172 Å². The SMILES string of the molecule is COc1ccc([C@@]23CC[C@@H](OC(=O)c4ccccc4)C[C@@H]2N(C)CC3)cc1OC. The average molecular weight is 395 g/mol. The van der Waals surface area contributed by atoms with E-state index in [-0.39, 0.29) is 17.5 Å². The van der Waals surface area contributed by atoms with E-state index in [1.54, 1.807) is 26.4 Å². The van der Waals surface area contributed by atoms with Crippen LogP contribution in [0, 0.1) is 0 Å². The molecule has 4 rings (SSSR count). The average Bonchev–Trinajstić information content (AvgIpc) is 3.11. The van der Waals surface area contributed by atoms with Crippen LogP contribution in [0.2, 0.25) is 0 Å². The van der Waals surface area contributed by atoms with Crippen molar-refractivity contribution in [2.45, 2.75) is 43.2 Å². The maximum Gasteiger partial charge on any atom is 0.338 e. The van der Waals surface area contributed by atoms with Crippen molar-refractivity contribution in [1.82, 2.24) is 4.90 Å². The third kappa shape index (κ3) is 3.60. The van der Waals surface area contributed by atoms with Gasteiger partial charge in [0.15, 0.2) is 11.5 Å². The Bertz CT molecular complexity index is 868. The van der Waals surface area contributed by atoms with Gasteiger partial charge in [-0.05, 0) is 62.7 Å². The van der Waals surface area contributed by atoms with Gasteiger partial charge in [0.1, 0.15) is 6.10 Å². The first-order chi connectivity index (χ1) is 14.1. The molecule has 2 fully saturated rings. The molecule has 0 radical (unpaired) electrons. The van der Waals surface area contributed by atoms with Crippen molar-refractivity contribution < 1.29 is 19.0 Å². The summed E-state index contributed by atoms with van der Waals surface area (Å²) in [6, 6.07) is 15.9. The number of esters is 1. The molecule has 0 bridgehead atoms. The molecule has 5 nitrogen and oxygen atoms in total. The second kappa shape index (κ2) is 8.07. The molecule has 0 amide bonds. The van der Waals surface area contributed by atoms with Crippen LogP contribution in [0.25, 0.3) is 0 Å². The first kappa shape index (κ1) is 19.8. The van der Waals surface area contributed by atoms with Crippen molar-refractivity contribution in [2.75, 3.05) is 27.8 Å². The molecule has 1 aliphatic heterocycles. The number of nitrogens with zero attached hydrogens (tertiary/aromatic N) is 1. The van der Waals surface area contributed by atoms with Gasteiger partial charge in [-0.2, -0.15) is 0 Å². The summed E-state index contributed by atoms with van der Waals surface area (Å²) in [5.74, 6) is 1.29. The molecule has 0 aromatic heterocycles. The molecule has 1 saturated heterocycles. The molecular formula is C24H29NO4. The van der Waals surface area contributed by atoms with E-state index >= 15 is 0 Å². The fraction of sp³-hybridized carbons (Fsp3) is 0.458. The summed E-state index contributed by atoms with van der Waals surface area (Å²) in [7, 11) is 5.51. The van der Waals surface area contributed by atoms with Crippen LogP contribution < -0.4 is 9.47 Å². The number of carbonyl (C=O) groups is 1. The van der Waals surface area contributed by atoms with Gasteiger partial charge < -0.3 is 19.1 Å². The summed E-state index contributed by atoms with van der Waals surface area (Å²) in [6.07, 6.45) is 3.76. The third-order valence-electron chi connectivity index (χ3n) is 6.72. The van der Waals surface area contributed by atoms with E-state index in [2.05, 4.69) is 24.1 Å². The minimum absolute atomic E-state index is 0.0541. The van der Waals surface area contributed by atoms with Crippen molar-refractivity contribution in [1.29, 1.82) is 0 Å². The van der Waals surface area contributed by atoms with Crippen molar-refractivity contribution in [3.8, 4) is 11.5 Å². The van der Waals surface area contributed by atoms with Crippen molar-refractivity contribution in [3.63, 3.8) is 0 Å². The first-order valence-electron chi connectivity index (χ1n) is 10.3. The highest BCUT2D eigenvalue weighted by atomic mass is 16.5. The molecule has 2 aromatic carbocycles. The standard InChI is InChI=1S/C24H29NO4/c1-25-14-13-24(18-9-10-20(27-2)21(15-18)28-3)12-11-19(16-22(24)25)29-23(26)17-7-5-4-6-8-17/h4-10,15,19,22H,11-14,16H2,1-3H3/t19-,22+,24+/m1/s1. The second-order valence-electron chi connectivity index (χ2n) is 8.14. The van der Waals surface area contributed by atoms with Crippen molar-refractivity contribution in [3.05, 3.63) is 59.7 Å². The number of fused-ring (bicyclic) bond motifs is 1. The van der Waals surface area contributed by atoms with Gasteiger partial charge in [0, 0.05) is 17.9 Å². The quantitative estimate of drug-likeness (QED) is 0.715. The normalized spacial score (nSPS) is 26.6. The lowest BCUT2D eigenvalue weighted by Crippen LogP contribution is -2.48. The fourth-order valence-electron chi connectivity index (χ4n) is 5.13. The Balaban J connectivity index is 1.55. The Morgan fingerprint density at radius 1 is 1.03 bits per heavy atom. The van der Waals surface area contributed by atoms with Gasteiger partial charge in [0.2, 0.25) is 0 Å². The zero-order valence-corrected chi connectivity index (χ0v) is 17.4. The van der Waals surface area contributed by atoms with Crippen molar-refractivity contribution >= 4 is 5.97 Å². The predicted octanol–water partition coefficient (Wildman–Crippen LogP) is 4.06.